The number of methoxy groups -OCH3 is 1. The van der Waals surface area contributed by atoms with Crippen molar-refractivity contribution in [3.63, 3.8) is 0 Å². The van der Waals surface area contributed by atoms with Gasteiger partial charge in [-0.1, -0.05) is 0 Å². The molecule has 1 aliphatic heterocycles. The second-order valence-electron chi connectivity index (χ2n) is 4.23. The molecule has 1 fully saturated rings. The van der Waals surface area contributed by atoms with Crippen LogP contribution in [0.15, 0.2) is 0 Å². The zero-order valence-corrected chi connectivity index (χ0v) is 11.8. The van der Waals surface area contributed by atoms with Crippen LogP contribution in [-0.2, 0) is 38.1 Å². The molecule has 0 aliphatic carbocycles. The molecule has 1 heterocycles. The van der Waals surface area contributed by atoms with E-state index in [9.17, 15) is 14.4 Å². The van der Waals surface area contributed by atoms with Crippen molar-refractivity contribution >= 4 is 17.9 Å². The van der Waals surface area contributed by atoms with E-state index in [0.29, 0.717) is 0 Å². The van der Waals surface area contributed by atoms with Gasteiger partial charge in [0.1, 0.15) is 0 Å². The first-order valence-corrected chi connectivity index (χ1v) is 6.01. The third-order valence-corrected chi connectivity index (χ3v) is 2.54. The van der Waals surface area contributed by atoms with Gasteiger partial charge in [-0.15, -0.1) is 0 Å². The predicted octanol–water partition coefficient (Wildman–Crippen LogP) is -0.216. The van der Waals surface area contributed by atoms with E-state index in [1.54, 1.807) is 0 Å². The summed E-state index contributed by atoms with van der Waals surface area (Å²) in [6, 6.07) is 0. The van der Waals surface area contributed by atoms with Gasteiger partial charge in [-0.05, 0) is 0 Å². The first-order chi connectivity index (χ1) is 9.35. The Balaban J connectivity index is 2.95. The Kier molecular flexibility index (Phi) is 5.90. The van der Waals surface area contributed by atoms with E-state index in [4.69, 9.17) is 23.7 Å². The number of hydrogen-bond donors (Lipinski definition) is 0. The van der Waals surface area contributed by atoms with Crippen molar-refractivity contribution in [1.29, 1.82) is 0 Å². The maximum atomic E-state index is 11.2. The van der Waals surface area contributed by atoms with E-state index < -0.39 is 42.5 Å². The largest absolute Gasteiger partial charge is 0.456 e. The molecule has 0 amide bonds. The predicted molar refractivity (Wildman–Crippen MR) is 63.4 cm³/mol. The molecule has 8 nitrogen and oxygen atoms in total. The highest BCUT2D eigenvalue weighted by Crippen LogP contribution is 2.24. The van der Waals surface area contributed by atoms with Gasteiger partial charge in [-0.3, -0.25) is 14.4 Å². The molecule has 0 spiro atoms. The average molecular weight is 290 g/mol. The minimum absolute atomic E-state index is 0.0339. The molecule has 20 heavy (non-hydrogen) atoms. The first kappa shape index (κ1) is 16.4. The lowest BCUT2D eigenvalue weighted by Gasteiger charge is -2.39. The lowest BCUT2D eigenvalue weighted by molar-refractivity contribution is -0.274. The van der Waals surface area contributed by atoms with Crippen LogP contribution < -0.4 is 0 Å². The molecular formula is C12H18O8. The topological polar surface area (TPSA) is 97.4 Å². The Morgan fingerprint density at radius 1 is 0.900 bits per heavy atom. The molecule has 0 unspecified atom stereocenters. The van der Waals surface area contributed by atoms with Crippen LogP contribution in [0.1, 0.15) is 20.8 Å². The molecule has 1 saturated heterocycles. The van der Waals surface area contributed by atoms with Crippen molar-refractivity contribution in [2.45, 2.75) is 45.4 Å². The van der Waals surface area contributed by atoms with E-state index in [2.05, 4.69) is 0 Å². The van der Waals surface area contributed by atoms with Gasteiger partial charge in [0.25, 0.3) is 0 Å². The Bertz CT molecular complexity index is 380. The highest BCUT2D eigenvalue weighted by atomic mass is 16.7. The van der Waals surface area contributed by atoms with Crippen molar-refractivity contribution in [1.82, 2.24) is 0 Å². The minimum atomic E-state index is -1.01. The van der Waals surface area contributed by atoms with Gasteiger partial charge in [-0.2, -0.15) is 0 Å². The Morgan fingerprint density at radius 2 is 1.40 bits per heavy atom. The molecule has 0 N–H and O–H groups in total. The number of carbonyl (C=O) groups is 3. The van der Waals surface area contributed by atoms with Crippen molar-refractivity contribution in [2.24, 2.45) is 0 Å². The summed E-state index contributed by atoms with van der Waals surface area (Å²) in [5, 5.41) is 0. The number of esters is 3. The maximum absolute atomic E-state index is 11.2. The van der Waals surface area contributed by atoms with Crippen LogP contribution in [0.2, 0.25) is 0 Å². The maximum Gasteiger partial charge on any atom is 0.303 e. The van der Waals surface area contributed by atoms with Gasteiger partial charge >= 0.3 is 17.9 Å². The Hall–Kier alpha value is -1.67. The van der Waals surface area contributed by atoms with Crippen LogP contribution in [0, 0.1) is 0 Å². The summed E-state index contributed by atoms with van der Waals surface area (Å²) in [5.41, 5.74) is 0. The number of ether oxygens (including phenoxy) is 5. The number of hydrogen-bond acceptors (Lipinski definition) is 8. The highest BCUT2D eigenvalue weighted by molar-refractivity contribution is 5.68. The van der Waals surface area contributed by atoms with Crippen LogP contribution in [0.3, 0.4) is 0 Å². The van der Waals surface area contributed by atoms with Crippen LogP contribution in [0.25, 0.3) is 0 Å². The van der Waals surface area contributed by atoms with Gasteiger partial charge in [0.15, 0.2) is 24.6 Å². The van der Waals surface area contributed by atoms with E-state index in [1.807, 2.05) is 0 Å². The van der Waals surface area contributed by atoms with Gasteiger partial charge in [-0.25, -0.2) is 0 Å². The molecular weight excluding hydrogens is 272 g/mol. The van der Waals surface area contributed by atoms with E-state index >= 15 is 0 Å². The molecule has 1 rings (SSSR count). The van der Waals surface area contributed by atoms with Crippen LogP contribution in [-0.4, -0.2) is 56.2 Å². The van der Waals surface area contributed by atoms with Crippen LogP contribution in [0.4, 0.5) is 0 Å². The standard InChI is InChI=1S/C12H18O8/c1-6(13)18-9-5-17-12(16-4)11(20-8(3)15)10(9)19-7(2)14/h9-12H,5H2,1-4H3/t9-,10-,11+,12-/m0/s1. The summed E-state index contributed by atoms with van der Waals surface area (Å²) >= 11 is 0. The number of rotatable bonds is 4. The number of carbonyl (C=O) groups excluding carboxylic acids is 3. The molecule has 0 aromatic carbocycles. The van der Waals surface area contributed by atoms with E-state index in [1.165, 1.54) is 27.9 Å². The van der Waals surface area contributed by atoms with Crippen LogP contribution >= 0.6 is 0 Å². The summed E-state index contributed by atoms with van der Waals surface area (Å²) in [7, 11) is 1.36. The Labute approximate surface area is 116 Å². The fourth-order valence-corrected chi connectivity index (χ4v) is 1.91. The van der Waals surface area contributed by atoms with Crippen molar-refractivity contribution in [2.75, 3.05) is 13.7 Å². The second-order valence-corrected chi connectivity index (χ2v) is 4.23. The fraction of sp³-hybridized carbons (Fsp3) is 0.750. The first-order valence-electron chi connectivity index (χ1n) is 6.01. The summed E-state index contributed by atoms with van der Waals surface area (Å²) in [6.07, 6.45) is -3.78. The molecule has 4 atom stereocenters. The third-order valence-electron chi connectivity index (χ3n) is 2.54. The minimum Gasteiger partial charge on any atom is -0.456 e. The van der Waals surface area contributed by atoms with Crippen LogP contribution in [0.5, 0.6) is 0 Å². The zero-order valence-electron chi connectivity index (χ0n) is 11.8. The van der Waals surface area contributed by atoms with E-state index in [0.717, 1.165) is 0 Å². The molecule has 114 valence electrons. The fourth-order valence-electron chi connectivity index (χ4n) is 1.91. The molecule has 0 bridgehead atoms. The lowest BCUT2D eigenvalue weighted by atomic mass is 10.0. The van der Waals surface area contributed by atoms with Crippen molar-refractivity contribution < 1.29 is 38.1 Å². The quantitative estimate of drug-likeness (QED) is 0.518. The third kappa shape index (κ3) is 4.46. The Morgan fingerprint density at radius 3 is 1.85 bits per heavy atom. The second kappa shape index (κ2) is 7.20. The monoisotopic (exact) mass is 290 g/mol. The molecule has 1 aliphatic rings. The van der Waals surface area contributed by atoms with Gasteiger partial charge < -0.3 is 23.7 Å². The van der Waals surface area contributed by atoms with Crippen molar-refractivity contribution in [3.05, 3.63) is 0 Å². The lowest BCUT2D eigenvalue weighted by Crippen LogP contribution is -2.57. The molecule has 0 aromatic rings. The van der Waals surface area contributed by atoms with Crippen molar-refractivity contribution in [3.8, 4) is 0 Å². The highest BCUT2D eigenvalue weighted by Gasteiger charge is 2.47. The van der Waals surface area contributed by atoms with E-state index in [-0.39, 0.29) is 6.61 Å². The SMILES string of the molecule is CO[C@H]1OC[C@H](OC(C)=O)[C@H](OC(C)=O)[C@H]1OC(C)=O. The van der Waals surface area contributed by atoms with Gasteiger partial charge in [0.05, 0.1) is 6.61 Å². The normalized spacial score (nSPS) is 29.4. The molecule has 8 heteroatoms. The smallest absolute Gasteiger partial charge is 0.303 e. The average Bonchev–Trinajstić information content (AvgIpc) is 2.31. The zero-order chi connectivity index (χ0) is 15.3. The molecule has 0 radical (unpaired) electrons. The summed E-state index contributed by atoms with van der Waals surface area (Å²) in [6.45, 7) is 3.59. The summed E-state index contributed by atoms with van der Waals surface area (Å²) in [5.74, 6) is -1.75. The molecule has 0 saturated carbocycles. The van der Waals surface area contributed by atoms with Gasteiger partial charge in [0, 0.05) is 27.9 Å². The van der Waals surface area contributed by atoms with Gasteiger partial charge in [0.2, 0.25) is 0 Å². The summed E-state index contributed by atoms with van der Waals surface area (Å²) < 4.78 is 25.5. The molecule has 0 aromatic heterocycles. The summed E-state index contributed by atoms with van der Waals surface area (Å²) in [4.78, 5) is 33.4.